The molecular formula is C19H31N3O3S. The van der Waals surface area contributed by atoms with Crippen molar-refractivity contribution in [2.45, 2.75) is 52.2 Å². The van der Waals surface area contributed by atoms with Crippen LogP contribution in [0.2, 0.25) is 0 Å². The first kappa shape index (κ1) is 20.6. The van der Waals surface area contributed by atoms with Crippen LogP contribution in [0, 0.1) is 6.92 Å². The van der Waals surface area contributed by atoms with Crippen LogP contribution in [0.4, 0.5) is 0 Å². The molecule has 0 heterocycles. The van der Waals surface area contributed by atoms with Gasteiger partial charge < -0.3 is 15.4 Å². The van der Waals surface area contributed by atoms with Crippen LogP contribution >= 0.6 is 0 Å². The highest BCUT2D eigenvalue weighted by Crippen LogP contribution is 2.28. The Morgan fingerprint density at radius 3 is 2.65 bits per heavy atom. The number of benzene rings is 1. The van der Waals surface area contributed by atoms with Crippen molar-refractivity contribution in [3.8, 4) is 5.75 Å². The Kier molecular flexibility index (Phi) is 7.75. The third kappa shape index (κ3) is 7.23. The number of sulfone groups is 1. The number of hydrogen-bond acceptors (Lipinski definition) is 4. The Labute approximate surface area is 157 Å². The normalized spacial score (nSPS) is 15.9. The quantitative estimate of drug-likeness (QED) is 0.534. The second-order valence-electron chi connectivity index (χ2n) is 6.89. The topological polar surface area (TPSA) is 79.8 Å². The Morgan fingerprint density at radius 2 is 2.00 bits per heavy atom. The van der Waals surface area contributed by atoms with Gasteiger partial charge in [0, 0.05) is 24.9 Å². The van der Waals surface area contributed by atoms with Crippen molar-refractivity contribution >= 4 is 15.8 Å². The molecule has 0 amide bonds. The molecule has 1 saturated carbocycles. The van der Waals surface area contributed by atoms with Crippen LogP contribution in [0.5, 0.6) is 5.75 Å². The number of nitrogens with zero attached hydrogens (tertiary/aromatic N) is 1. The molecule has 7 heteroatoms. The van der Waals surface area contributed by atoms with Gasteiger partial charge in [-0.1, -0.05) is 12.1 Å². The van der Waals surface area contributed by atoms with E-state index in [0.29, 0.717) is 31.7 Å². The van der Waals surface area contributed by atoms with E-state index >= 15 is 0 Å². The van der Waals surface area contributed by atoms with E-state index in [9.17, 15) is 8.42 Å². The molecule has 0 aliphatic heterocycles. The Morgan fingerprint density at radius 1 is 1.27 bits per heavy atom. The summed E-state index contributed by atoms with van der Waals surface area (Å²) >= 11 is 0. The zero-order valence-corrected chi connectivity index (χ0v) is 16.9. The molecule has 26 heavy (non-hydrogen) atoms. The molecule has 0 radical (unpaired) electrons. The number of aliphatic imine (C=N–C) groups is 1. The molecule has 2 rings (SSSR count). The number of guanidine groups is 1. The molecule has 0 unspecified atom stereocenters. The molecule has 0 spiro atoms. The lowest BCUT2D eigenvalue weighted by Gasteiger charge is -2.17. The minimum Gasteiger partial charge on any atom is -0.490 e. The fraction of sp³-hybridized carbons (Fsp3) is 0.632. The summed E-state index contributed by atoms with van der Waals surface area (Å²) in [5, 5.41) is 6.22. The number of nitrogens with one attached hydrogen (secondary N) is 2. The second-order valence-corrected chi connectivity index (χ2v) is 9.15. The fourth-order valence-corrected chi connectivity index (χ4v) is 3.42. The maximum Gasteiger partial charge on any atom is 0.191 e. The van der Waals surface area contributed by atoms with E-state index < -0.39 is 9.84 Å². The van der Waals surface area contributed by atoms with Gasteiger partial charge in [-0.05, 0) is 51.2 Å². The van der Waals surface area contributed by atoms with Gasteiger partial charge in [0.05, 0.1) is 18.4 Å². The van der Waals surface area contributed by atoms with Gasteiger partial charge in [-0.3, -0.25) is 0 Å². The third-order valence-electron chi connectivity index (χ3n) is 4.34. The summed E-state index contributed by atoms with van der Waals surface area (Å²) < 4.78 is 28.8. The van der Waals surface area contributed by atoms with Gasteiger partial charge in [0.15, 0.2) is 5.96 Å². The molecule has 6 nitrogen and oxygen atoms in total. The van der Waals surface area contributed by atoms with Crippen LogP contribution in [-0.4, -0.2) is 45.6 Å². The van der Waals surface area contributed by atoms with E-state index in [4.69, 9.17) is 4.74 Å². The standard InChI is InChI=1S/C19H31N3O3S/c1-4-20-19(21-11-12-26(3,23)24)22-14-16-10-9-15(2)13-18(16)25-17-7-5-6-8-17/h9-10,13,17H,4-8,11-12,14H2,1-3H3,(H2,20,21,22). The molecule has 0 bridgehead atoms. The van der Waals surface area contributed by atoms with Crippen LogP contribution in [0.25, 0.3) is 0 Å². The maximum absolute atomic E-state index is 11.3. The smallest absolute Gasteiger partial charge is 0.191 e. The summed E-state index contributed by atoms with van der Waals surface area (Å²) in [6, 6.07) is 6.20. The molecule has 146 valence electrons. The van der Waals surface area contributed by atoms with E-state index in [2.05, 4.69) is 40.7 Å². The van der Waals surface area contributed by atoms with Gasteiger partial charge in [0.2, 0.25) is 0 Å². The third-order valence-corrected chi connectivity index (χ3v) is 5.28. The van der Waals surface area contributed by atoms with Crippen molar-refractivity contribution in [1.29, 1.82) is 0 Å². The van der Waals surface area contributed by atoms with Crippen LogP contribution in [-0.2, 0) is 16.4 Å². The van der Waals surface area contributed by atoms with E-state index in [1.807, 2.05) is 6.92 Å². The average Bonchev–Trinajstić information content (AvgIpc) is 3.06. The van der Waals surface area contributed by atoms with Crippen LogP contribution < -0.4 is 15.4 Å². The number of ether oxygens (including phenoxy) is 1. The van der Waals surface area contributed by atoms with Gasteiger partial charge in [-0.25, -0.2) is 13.4 Å². The zero-order chi connectivity index (χ0) is 19.0. The monoisotopic (exact) mass is 381 g/mol. The summed E-state index contributed by atoms with van der Waals surface area (Å²) in [4.78, 5) is 4.59. The number of hydrogen-bond donors (Lipinski definition) is 2. The molecule has 2 N–H and O–H groups in total. The van der Waals surface area contributed by atoms with Crippen LogP contribution in [0.1, 0.15) is 43.7 Å². The Balaban J connectivity index is 2.04. The first-order valence-corrected chi connectivity index (χ1v) is 11.4. The lowest BCUT2D eigenvalue weighted by atomic mass is 10.1. The highest BCUT2D eigenvalue weighted by molar-refractivity contribution is 7.90. The van der Waals surface area contributed by atoms with E-state index in [0.717, 1.165) is 24.2 Å². The summed E-state index contributed by atoms with van der Waals surface area (Å²) in [6.45, 7) is 5.57. The summed E-state index contributed by atoms with van der Waals surface area (Å²) in [7, 11) is -2.99. The van der Waals surface area contributed by atoms with E-state index in [-0.39, 0.29) is 5.75 Å². The summed E-state index contributed by atoms with van der Waals surface area (Å²) in [5.74, 6) is 1.61. The minimum atomic E-state index is -2.99. The molecule has 1 aliphatic rings. The zero-order valence-electron chi connectivity index (χ0n) is 16.0. The first-order chi connectivity index (χ1) is 12.4. The van der Waals surface area contributed by atoms with Gasteiger partial charge in [0.25, 0.3) is 0 Å². The van der Waals surface area contributed by atoms with Gasteiger partial charge in [-0.15, -0.1) is 0 Å². The van der Waals surface area contributed by atoms with E-state index in [1.165, 1.54) is 24.7 Å². The summed E-state index contributed by atoms with van der Waals surface area (Å²) in [6.07, 6.45) is 6.24. The van der Waals surface area contributed by atoms with Crippen molar-refractivity contribution in [3.05, 3.63) is 29.3 Å². The SMILES string of the molecule is CCNC(=NCc1ccc(C)cc1OC1CCCC1)NCCS(C)(=O)=O. The first-order valence-electron chi connectivity index (χ1n) is 9.33. The van der Waals surface area contributed by atoms with Crippen LogP contribution in [0.15, 0.2) is 23.2 Å². The predicted octanol–water partition coefficient (Wildman–Crippen LogP) is 2.42. The van der Waals surface area contributed by atoms with Gasteiger partial charge in [-0.2, -0.15) is 0 Å². The number of rotatable bonds is 8. The fourth-order valence-electron chi connectivity index (χ4n) is 2.95. The highest BCUT2D eigenvalue weighted by Gasteiger charge is 2.18. The molecule has 1 aromatic carbocycles. The minimum absolute atomic E-state index is 0.0813. The largest absolute Gasteiger partial charge is 0.490 e. The lowest BCUT2D eigenvalue weighted by molar-refractivity contribution is 0.208. The van der Waals surface area contributed by atoms with Crippen molar-refractivity contribution in [2.24, 2.45) is 4.99 Å². The molecular weight excluding hydrogens is 350 g/mol. The second kappa shape index (κ2) is 9.80. The Hall–Kier alpha value is -1.76. The molecule has 0 saturated heterocycles. The van der Waals surface area contributed by atoms with E-state index in [1.54, 1.807) is 0 Å². The predicted molar refractivity (Wildman–Crippen MR) is 107 cm³/mol. The molecule has 0 atom stereocenters. The van der Waals surface area contributed by atoms with Crippen molar-refractivity contribution < 1.29 is 13.2 Å². The maximum atomic E-state index is 11.3. The average molecular weight is 382 g/mol. The molecule has 1 aliphatic carbocycles. The number of aryl methyl sites for hydroxylation is 1. The van der Waals surface area contributed by atoms with Gasteiger partial charge in [0.1, 0.15) is 15.6 Å². The Bertz CT molecular complexity index is 711. The van der Waals surface area contributed by atoms with Crippen molar-refractivity contribution in [3.63, 3.8) is 0 Å². The lowest BCUT2D eigenvalue weighted by Crippen LogP contribution is -2.39. The molecule has 1 aromatic rings. The molecule has 0 aromatic heterocycles. The molecule has 1 fully saturated rings. The van der Waals surface area contributed by atoms with Crippen LogP contribution in [0.3, 0.4) is 0 Å². The van der Waals surface area contributed by atoms with Crippen molar-refractivity contribution in [1.82, 2.24) is 10.6 Å². The summed E-state index contributed by atoms with van der Waals surface area (Å²) in [5.41, 5.74) is 2.21. The van der Waals surface area contributed by atoms with Gasteiger partial charge >= 0.3 is 0 Å². The highest BCUT2D eigenvalue weighted by atomic mass is 32.2. The van der Waals surface area contributed by atoms with Crippen molar-refractivity contribution in [2.75, 3.05) is 25.1 Å².